The molecule has 2 aromatic heterocycles. The van der Waals surface area contributed by atoms with Crippen molar-refractivity contribution in [2.75, 3.05) is 31.1 Å². The fourth-order valence-corrected chi connectivity index (χ4v) is 3.86. The number of aromatic nitrogens is 3. The van der Waals surface area contributed by atoms with E-state index >= 15 is 0 Å². The Kier molecular flexibility index (Phi) is 4.16. The van der Waals surface area contributed by atoms with Crippen molar-refractivity contribution in [2.45, 2.75) is 19.9 Å². The second-order valence-electron chi connectivity index (χ2n) is 6.34. The maximum atomic E-state index is 4.45. The van der Waals surface area contributed by atoms with Crippen molar-refractivity contribution in [2.24, 2.45) is 0 Å². The molecule has 1 saturated heterocycles. The van der Waals surface area contributed by atoms with E-state index in [2.05, 4.69) is 49.9 Å². The summed E-state index contributed by atoms with van der Waals surface area (Å²) in [7, 11) is 0. The summed E-state index contributed by atoms with van der Waals surface area (Å²) >= 11 is 1.70. The third-order valence-electron chi connectivity index (χ3n) is 4.75. The number of rotatable bonds is 3. The van der Waals surface area contributed by atoms with Crippen molar-refractivity contribution < 1.29 is 0 Å². The van der Waals surface area contributed by atoms with E-state index in [1.54, 1.807) is 11.3 Å². The Morgan fingerprint density at radius 1 is 1.04 bits per heavy atom. The van der Waals surface area contributed by atoms with Gasteiger partial charge in [0, 0.05) is 44.6 Å². The first-order chi connectivity index (χ1) is 11.7. The van der Waals surface area contributed by atoms with Crippen LogP contribution in [-0.4, -0.2) is 46.0 Å². The quantitative estimate of drug-likeness (QED) is 0.733. The van der Waals surface area contributed by atoms with Gasteiger partial charge in [-0.25, -0.2) is 15.0 Å². The number of benzene rings is 1. The molecule has 124 valence electrons. The standard InChI is InChI=1S/C18H21N5S/c1-13-10-19-18(20-11-13)23-7-5-22(6-8-23)14(2)15-3-4-17-16(9-15)21-12-24-17/h3-4,9-12,14H,5-8H2,1-2H3/t14-/m0/s1. The summed E-state index contributed by atoms with van der Waals surface area (Å²) in [6, 6.07) is 7.05. The maximum Gasteiger partial charge on any atom is 0.225 e. The van der Waals surface area contributed by atoms with E-state index in [0.29, 0.717) is 6.04 Å². The van der Waals surface area contributed by atoms with Crippen LogP contribution in [0.5, 0.6) is 0 Å². The molecule has 0 aliphatic carbocycles. The van der Waals surface area contributed by atoms with Gasteiger partial charge in [-0.05, 0) is 37.1 Å². The number of piperazine rings is 1. The molecule has 1 atom stereocenters. The average molecular weight is 339 g/mol. The van der Waals surface area contributed by atoms with Crippen molar-refractivity contribution in [3.05, 3.63) is 47.2 Å². The van der Waals surface area contributed by atoms with Gasteiger partial charge >= 0.3 is 0 Å². The Hall–Kier alpha value is -2.05. The van der Waals surface area contributed by atoms with Crippen molar-refractivity contribution in [3.8, 4) is 0 Å². The molecule has 5 nitrogen and oxygen atoms in total. The van der Waals surface area contributed by atoms with Gasteiger partial charge in [0.05, 0.1) is 15.7 Å². The van der Waals surface area contributed by atoms with Crippen molar-refractivity contribution in [3.63, 3.8) is 0 Å². The molecule has 0 bridgehead atoms. The molecule has 0 radical (unpaired) electrons. The molecule has 1 fully saturated rings. The second-order valence-corrected chi connectivity index (χ2v) is 7.23. The molecule has 3 aromatic rings. The molecular weight excluding hydrogens is 318 g/mol. The van der Waals surface area contributed by atoms with Crippen LogP contribution in [0.1, 0.15) is 24.1 Å². The Labute approximate surface area is 146 Å². The minimum absolute atomic E-state index is 0.400. The van der Waals surface area contributed by atoms with Crippen molar-refractivity contribution in [1.82, 2.24) is 19.9 Å². The van der Waals surface area contributed by atoms with Crippen molar-refractivity contribution >= 4 is 27.5 Å². The summed E-state index contributed by atoms with van der Waals surface area (Å²) in [6.45, 7) is 8.27. The van der Waals surface area contributed by atoms with E-state index in [-0.39, 0.29) is 0 Å². The summed E-state index contributed by atoms with van der Waals surface area (Å²) in [4.78, 5) is 18.1. The van der Waals surface area contributed by atoms with Crippen LogP contribution in [0.2, 0.25) is 0 Å². The highest BCUT2D eigenvalue weighted by Gasteiger charge is 2.23. The molecule has 1 aliphatic rings. The van der Waals surface area contributed by atoms with E-state index in [0.717, 1.165) is 43.2 Å². The van der Waals surface area contributed by atoms with Gasteiger partial charge in [-0.2, -0.15) is 0 Å². The topological polar surface area (TPSA) is 45.2 Å². The molecule has 24 heavy (non-hydrogen) atoms. The number of thiazole rings is 1. The summed E-state index contributed by atoms with van der Waals surface area (Å²) < 4.78 is 1.26. The Morgan fingerprint density at radius 2 is 1.79 bits per heavy atom. The summed E-state index contributed by atoms with van der Waals surface area (Å²) in [5.41, 5.74) is 5.47. The fourth-order valence-electron chi connectivity index (χ4n) is 3.20. The molecule has 4 rings (SSSR count). The molecule has 1 aliphatic heterocycles. The monoisotopic (exact) mass is 339 g/mol. The van der Waals surface area contributed by atoms with E-state index in [1.807, 2.05) is 24.8 Å². The molecule has 0 spiro atoms. The second kappa shape index (κ2) is 6.45. The van der Waals surface area contributed by atoms with Gasteiger partial charge < -0.3 is 4.90 Å². The average Bonchev–Trinajstić information content (AvgIpc) is 3.09. The van der Waals surface area contributed by atoms with E-state index in [4.69, 9.17) is 0 Å². The van der Waals surface area contributed by atoms with Crippen LogP contribution in [0.25, 0.3) is 10.2 Å². The van der Waals surface area contributed by atoms with Crippen LogP contribution < -0.4 is 4.90 Å². The Bertz CT molecular complexity index is 821. The first-order valence-electron chi connectivity index (χ1n) is 8.31. The Balaban J connectivity index is 1.43. The third-order valence-corrected chi connectivity index (χ3v) is 5.56. The zero-order valence-electron chi connectivity index (χ0n) is 14.0. The highest BCUT2D eigenvalue weighted by molar-refractivity contribution is 7.16. The lowest BCUT2D eigenvalue weighted by atomic mass is 10.1. The van der Waals surface area contributed by atoms with Crippen LogP contribution in [0.4, 0.5) is 5.95 Å². The van der Waals surface area contributed by atoms with Crippen LogP contribution in [0, 0.1) is 6.92 Å². The van der Waals surface area contributed by atoms with Gasteiger partial charge in [-0.1, -0.05) is 6.07 Å². The number of aryl methyl sites for hydroxylation is 1. The molecule has 0 amide bonds. The Morgan fingerprint density at radius 3 is 2.54 bits per heavy atom. The van der Waals surface area contributed by atoms with Gasteiger partial charge in [0.15, 0.2) is 0 Å². The third kappa shape index (κ3) is 2.99. The molecule has 0 N–H and O–H groups in total. The maximum absolute atomic E-state index is 4.45. The van der Waals surface area contributed by atoms with Gasteiger partial charge in [-0.15, -0.1) is 11.3 Å². The number of fused-ring (bicyclic) bond motifs is 1. The number of nitrogens with zero attached hydrogens (tertiary/aromatic N) is 5. The highest BCUT2D eigenvalue weighted by atomic mass is 32.1. The normalized spacial score (nSPS) is 17.3. The van der Waals surface area contributed by atoms with Crippen LogP contribution >= 0.6 is 11.3 Å². The minimum Gasteiger partial charge on any atom is -0.338 e. The SMILES string of the molecule is Cc1cnc(N2CCN([C@@H](C)c3ccc4scnc4c3)CC2)nc1. The van der Waals surface area contributed by atoms with Crippen LogP contribution in [0.15, 0.2) is 36.1 Å². The van der Waals surface area contributed by atoms with Crippen LogP contribution in [0.3, 0.4) is 0 Å². The van der Waals surface area contributed by atoms with Gasteiger partial charge in [0.1, 0.15) is 0 Å². The van der Waals surface area contributed by atoms with Gasteiger partial charge in [0.25, 0.3) is 0 Å². The molecule has 6 heteroatoms. The summed E-state index contributed by atoms with van der Waals surface area (Å²) in [6.07, 6.45) is 3.78. The fraction of sp³-hybridized carbons (Fsp3) is 0.389. The van der Waals surface area contributed by atoms with Crippen LogP contribution in [-0.2, 0) is 0 Å². The lowest BCUT2D eigenvalue weighted by Gasteiger charge is -2.38. The number of hydrogen-bond acceptors (Lipinski definition) is 6. The smallest absolute Gasteiger partial charge is 0.225 e. The van der Waals surface area contributed by atoms with E-state index in [9.17, 15) is 0 Å². The summed E-state index contributed by atoms with van der Waals surface area (Å²) in [5, 5.41) is 0. The van der Waals surface area contributed by atoms with Gasteiger partial charge in [-0.3, -0.25) is 4.90 Å². The molecule has 0 saturated carbocycles. The number of hydrogen-bond donors (Lipinski definition) is 0. The lowest BCUT2D eigenvalue weighted by molar-refractivity contribution is 0.198. The van der Waals surface area contributed by atoms with E-state index in [1.165, 1.54) is 10.3 Å². The summed E-state index contributed by atoms with van der Waals surface area (Å²) in [5.74, 6) is 0.844. The first kappa shape index (κ1) is 15.5. The predicted octanol–water partition coefficient (Wildman–Crippen LogP) is 3.28. The molecule has 0 unspecified atom stereocenters. The highest BCUT2D eigenvalue weighted by Crippen LogP contribution is 2.26. The molecule has 3 heterocycles. The molecular formula is C18H21N5S. The largest absolute Gasteiger partial charge is 0.338 e. The zero-order valence-corrected chi connectivity index (χ0v) is 14.8. The minimum atomic E-state index is 0.400. The number of anilines is 1. The predicted molar refractivity (Wildman–Crippen MR) is 98.6 cm³/mol. The van der Waals surface area contributed by atoms with Gasteiger partial charge in [0.2, 0.25) is 5.95 Å². The zero-order chi connectivity index (χ0) is 16.5. The first-order valence-corrected chi connectivity index (χ1v) is 9.19. The lowest BCUT2D eigenvalue weighted by Crippen LogP contribution is -2.47. The van der Waals surface area contributed by atoms with E-state index < -0.39 is 0 Å². The molecule has 1 aromatic carbocycles. The van der Waals surface area contributed by atoms with Crippen molar-refractivity contribution in [1.29, 1.82) is 0 Å².